The molecule has 4 rings (SSSR count). The first kappa shape index (κ1) is 28.7. The minimum atomic E-state index is -5.62. The monoisotopic (exact) mass is 563 g/mol. The van der Waals surface area contributed by atoms with Crippen molar-refractivity contribution in [3.8, 4) is 0 Å². The number of nitrogens with zero attached hydrogens (tertiary/aromatic N) is 4. The van der Waals surface area contributed by atoms with Crippen molar-refractivity contribution in [1.29, 1.82) is 0 Å². The van der Waals surface area contributed by atoms with Gasteiger partial charge in [-0.05, 0) is 24.1 Å². The van der Waals surface area contributed by atoms with E-state index in [0.717, 1.165) is 17.2 Å². The van der Waals surface area contributed by atoms with Crippen molar-refractivity contribution in [3.05, 3.63) is 64.1 Å². The van der Waals surface area contributed by atoms with Gasteiger partial charge in [-0.2, -0.15) is 31.3 Å². The topological polar surface area (TPSA) is 63.1 Å². The highest BCUT2D eigenvalue weighted by molar-refractivity contribution is 5.75. The molecule has 1 saturated heterocycles. The minimum Gasteiger partial charge on any atom is -0.348 e. The lowest BCUT2D eigenvalue weighted by molar-refractivity contribution is -0.287. The maximum Gasteiger partial charge on any atom is 0.402 e. The molecular weight excluding hydrogens is 538 g/mol. The van der Waals surface area contributed by atoms with Crippen LogP contribution >= 0.6 is 0 Å². The maximum absolute atomic E-state index is 13.4. The zero-order chi connectivity index (χ0) is 28.6. The molecule has 1 N–H and O–H groups in total. The standard InChI is InChI=1S/C25H25F8N5O/c1-15(17-4-2-16(3-5-17)13-37-10-8-23(26,27)9-11-37)35-22-34-12-18-6-7-20(39)38(21(18)36-22)14-19(24(28,29)30)25(31,32)33/h2-7,12,15,19H,8-11,13-14H2,1H3,(H,34,35,36). The highest BCUT2D eigenvalue weighted by atomic mass is 19.4. The summed E-state index contributed by atoms with van der Waals surface area (Å²) in [5.74, 6) is -6.47. The maximum atomic E-state index is 13.4. The van der Waals surface area contributed by atoms with E-state index < -0.39 is 42.3 Å². The summed E-state index contributed by atoms with van der Waals surface area (Å²) in [5, 5.41) is 3.04. The second-order valence-corrected chi connectivity index (χ2v) is 9.63. The van der Waals surface area contributed by atoms with E-state index in [9.17, 15) is 39.9 Å². The number of anilines is 1. The molecule has 1 aromatic carbocycles. The number of piperidine rings is 1. The van der Waals surface area contributed by atoms with Crippen LogP contribution in [-0.2, 0) is 13.1 Å². The van der Waals surface area contributed by atoms with E-state index >= 15 is 0 Å². The van der Waals surface area contributed by atoms with Gasteiger partial charge in [-0.1, -0.05) is 24.3 Å². The number of pyridine rings is 1. The minimum absolute atomic E-state index is 0.0933. The Hall–Kier alpha value is -3.29. The quantitative estimate of drug-likeness (QED) is 0.361. The van der Waals surface area contributed by atoms with Crippen molar-refractivity contribution in [2.24, 2.45) is 5.92 Å². The lowest BCUT2D eigenvalue weighted by Gasteiger charge is -2.31. The van der Waals surface area contributed by atoms with E-state index in [2.05, 4.69) is 15.3 Å². The fourth-order valence-corrected chi connectivity index (χ4v) is 4.38. The summed E-state index contributed by atoms with van der Waals surface area (Å²) in [4.78, 5) is 22.4. The van der Waals surface area contributed by atoms with Crippen LogP contribution < -0.4 is 10.9 Å². The van der Waals surface area contributed by atoms with Crippen LogP contribution in [0.4, 0.5) is 41.1 Å². The van der Waals surface area contributed by atoms with Gasteiger partial charge in [-0.15, -0.1) is 0 Å². The van der Waals surface area contributed by atoms with Crippen LogP contribution in [0.25, 0.3) is 11.0 Å². The summed E-state index contributed by atoms with van der Waals surface area (Å²) in [6, 6.07) is 8.95. The van der Waals surface area contributed by atoms with E-state index in [1.165, 1.54) is 12.3 Å². The van der Waals surface area contributed by atoms with Gasteiger partial charge in [0.2, 0.25) is 5.95 Å². The highest BCUT2D eigenvalue weighted by Gasteiger charge is 2.56. The number of alkyl halides is 8. The molecule has 0 spiro atoms. The largest absolute Gasteiger partial charge is 0.402 e. The van der Waals surface area contributed by atoms with Crippen LogP contribution in [0, 0.1) is 5.92 Å². The second-order valence-electron chi connectivity index (χ2n) is 9.63. The van der Waals surface area contributed by atoms with Crippen molar-refractivity contribution in [1.82, 2.24) is 19.4 Å². The Balaban J connectivity index is 1.51. The molecule has 1 atom stereocenters. The third kappa shape index (κ3) is 7.02. The lowest BCUT2D eigenvalue weighted by Crippen LogP contribution is -2.41. The average Bonchev–Trinajstić information content (AvgIpc) is 2.83. The molecule has 1 aliphatic heterocycles. The molecule has 2 aromatic heterocycles. The Morgan fingerprint density at radius 1 is 0.974 bits per heavy atom. The molecule has 212 valence electrons. The first-order chi connectivity index (χ1) is 18.1. The van der Waals surface area contributed by atoms with Crippen LogP contribution in [0.1, 0.15) is 36.9 Å². The number of halogens is 8. The molecule has 0 saturated carbocycles. The van der Waals surface area contributed by atoms with Crippen molar-refractivity contribution in [2.45, 2.75) is 57.2 Å². The lowest BCUT2D eigenvalue weighted by atomic mass is 10.0. The molecule has 14 heteroatoms. The summed E-state index contributed by atoms with van der Waals surface area (Å²) >= 11 is 0. The predicted molar refractivity (Wildman–Crippen MR) is 127 cm³/mol. The number of likely N-dealkylation sites (tertiary alicyclic amines) is 1. The second kappa shape index (κ2) is 10.7. The molecule has 1 unspecified atom stereocenters. The summed E-state index contributed by atoms with van der Waals surface area (Å²) in [6.07, 6.45) is -10.4. The zero-order valence-corrected chi connectivity index (χ0v) is 20.7. The number of nitrogens with one attached hydrogen (secondary N) is 1. The molecule has 1 aliphatic rings. The van der Waals surface area contributed by atoms with Crippen LogP contribution in [0.15, 0.2) is 47.4 Å². The van der Waals surface area contributed by atoms with Crippen LogP contribution in [0.3, 0.4) is 0 Å². The van der Waals surface area contributed by atoms with E-state index in [0.29, 0.717) is 24.2 Å². The molecule has 0 bridgehead atoms. The summed E-state index contributed by atoms with van der Waals surface area (Å²) < 4.78 is 106. The Morgan fingerprint density at radius 3 is 2.18 bits per heavy atom. The third-order valence-corrected chi connectivity index (χ3v) is 6.70. The SMILES string of the molecule is CC(Nc1ncc2ccc(=O)n(CC(C(F)(F)F)C(F)(F)F)c2n1)c1ccc(CN2CCC(F)(F)CC2)cc1. The van der Waals surface area contributed by atoms with Gasteiger partial charge in [-0.3, -0.25) is 14.3 Å². The third-order valence-electron chi connectivity index (χ3n) is 6.70. The first-order valence-corrected chi connectivity index (χ1v) is 12.1. The Bertz CT molecular complexity index is 1330. The van der Waals surface area contributed by atoms with E-state index in [4.69, 9.17) is 0 Å². The predicted octanol–water partition coefficient (Wildman–Crippen LogP) is 5.94. The first-order valence-electron chi connectivity index (χ1n) is 12.1. The fourth-order valence-electron chi connectivity index (χ4n) is 4.38. The van der Waals surface area contributed by atoms with Crippen LogP contribution in [0.5, 0.6) is 0 Å². The molecule has 1 fully saturated rings. The Labute approximate surface area is 217 Å². The van der Waals surface area contributed by atoms with Gasteiger partial charge in [0.25, 0.3) is 11.5 Å². The molecule has 0 amide bonds. The van der Waals surface area contributed by atoms with Gasteiger partial charge >= 0.3 is 12.4 Å². The average molecular weight is 563 g/mol. The van der Waals surface area contributed by atoms with E-state index in [1.807, 2.05) is 17.0 Å². The normalized spacial score (nSPS) is 17.5. The van der Waals surface area contributed by atoms with E-state index in [1.54, 1.807) is 19.1 Å². The number of hydrogen-bond acceptors (Lipinski definition) is 5. The van der Waals surface area contributed by atoms with Crippen molar-refractivity contribution >= 4 is 17.0 Å². The van der Waals surface area contributed by atoms with Crippen molar-refractivity contribution in [2.75, 3.05) is 18.4 Å². The summed E-state index contributed by atoms with van der Waals surface area (Å²) in [7, 11) is 0. The van der Waals surface area contributed by atoms with Crippen LogP contribution in [-0.4, -0.2) is 50.8 Å². The molecule has 0 radical (unpaired) electrons. The summed E-state index contributed by atoms with van der Waals surface area (Å²) in [6.45, 7) is 1.18. The van der Waals surface area contributed by atoms with Gasteiger partial charge < -0.3 is 5.32 Å². The van der Waals surface area contributed by atoms with Crippen LogP contribution in [0.2, 0.25) is 0 Å². The molecule has 39 heavy (non-hydrogen) atoms. The van der Waals surface area contributed by atoms with E-state index in [-0.39, 0.29) is 29.8 Å². The fraction of sp³-hybridized carbons (Fsp3) is 0.480. The number of rotatable bonds is 7. The number of fused-ring (bicyclic) bond motifs is 1. The Morgan fingerprint density at radius 2 is 1.59 bits per heavy atom. The molecule has 0 aliphatic carbocycles. The molecule has 6 nitrogen and oxygen atoms in total. The highest BCUT2D eigenvalue weighted by Crippen LogP contribution is 2.40. The van der Waals surface area contributed by atoms with Gasteiger partial charge in [0.05, 0.1) is 6.04 Å². The van der Waals surface area contributed by atoms with Crippen molar-refractivity contribution in [3.63, 3.8) is 0 Å². The van der Waals surface area contributed by atoms with Crippen molar-refractivity contribution < 1.29 is 35.1 Å². The van der Waals surface area contributed by atoms with Gasteiger partial charge in [0.1, 0.15) is 5.65 Å². The molecular formula is C25H25F8N5O. The molecule has 3 aromatic rings. The number of hydrogen-bond donors (Lipinski definition) is 1. The Kier molecular flexibility index (Phi) is 7.88. The number of aromatic nitrogens is 3. The number of benzene rings is 1. The smallest absolute Gasteiger partial charge is 0.348 e. The van der Waals surface area contributed by atoms with Gasteiger partial charge in [0, 0.05) is 56.7 Å². The summed E-state index contributed by atoms with van der Waals surface area (Å²) in [5.41, 5.74) is 0.262. The van der Waals surface area contributed by atoms with Gasteiger partial charge in [0.15, 0.2) is 5.92 Å². The zero-order valence-electron chi connectivity index (χ0n) is 20.7. The van der Waals surface area contributed by atoms with Gasteiger partial charge in [-0.25, -0.2) is 13.8 Å². The molecule has 3 heterocycles.